The number of nitrogens with two attached hydrogens (primary N) is 1. The molecule has 2 aliphatic rings. The zero-order chi connectivity index (χ0) is 27.5. The quantitative estimate of drug-likeness (QED) is 0.483. The number of likely N-dealkylation sites (tertiary alicyclic amines) is 1. The highest BCUT2D eigenvalue weighted by Crippen LogP contribution is 2.44. The Balaban J connectivity index is 1.43. The fourth-order valence-electron chi connectivity index (χ4n) is 5.02. The zero-order valence-electron chi connectivity index (χ0n) is 22.4. The van der Waals surface area contributed by atoms with Gasteiger partial charge in [-0.05, 0) is 76.6 Å². The van der Waals surface area contributed by atoms with E-state index in [1.807, 2.05) is 51.1 Å². The van der Waals surface area contributed by atoms with Crippen molar-refractivity contribution in [3.8, 4) is 5.75 Å². The second kappa shape index (κ2) is 11.3. The van der Waals surface area contributed by atoms with E-state index >= 15 is 0 Å². The maximum Gasteiger partial charge on any atom is 0.411 e. The molecule has 38 heavy (non-hydrogen) atoms. The van der Waals surface area contributed by atoms with Crippen LogP contribution in [0.25, 0.3) is 0 Å². The minimum absolute atomic E-state index is 0.191. The molecule has 1 aromatic carbocycles. The first-order chi connectivity index (χ1) is 18.0. The molecule has 2 aliphatic heterocycles. The lowest BCUT2D eigenvalue weighted by molar-refractivity contribution is -0.148. The van der Waals surface area contributed by atoms with E-state index in [0.29, 0.717) is 31.7 Å². The Bertz CT molecular complexity index is 1150. The van der Waals surface area contributed by atoms with Crippen LogP contribution in [0.4, 0.5) is 16.6 Å². The molecule has 206 valence electrons. The monoisotopic (exact) mass is 589 g/mol. The van der Waals surface area contributed by atoms with Crippen LogP contribution in [0.15, 0.2) is 34.8 Å². The third kappa shape index (κ3) is 6.86. The van der Waals surface area contributed by atoms with Crippen molar-refractivity contribution in [3.05, 3.63) is 40.5 Å². The number of aromatic nitrogens is 2. The van der Waals surface area contributed by atoms with Crippen LogP contribution >= 0.6 is 15.9 Å². The van der Waals surface area contributed by atoms with E-state index in [1.165, 1.54) is 0 Å². The van der Waals surface area contributed by atoms with Crippen LogP contribution in [0.3, 0.4) is 0 Å². The smallest absolute Gasteiger partial charge is 0.411 e. The molecule has 0 radical (unpaired) electrons. The van der Waals surface area contributed by atoms with Crippen molar-refractivity contribution < 1.29 is 23.8 Å². The summed E-state index contributed by atoms with van der Waals surface area (Å²) in [6.45, 7) is 9.64. The van der Waals surface area contributed by atoms with Gasteiger partial charge in [0.2, 0.25) is 5.95 Å². The Morgan fingerprint density at radius 3 is 2.47 bits per heavy atom. The van der Waals surface area contributed by atoms with Crippen LogP contribution in [0.1, 0.15) is 52.7 Å². The zero-order valence-corrected chi connectivity index (χ0v) is 24.0. The Labute approximate surface area is 232 Å². The van der Waals surface area contributed by atoms with Crippen LogP contribution in [-0.2, 0) is 20.9 Å². The summed E-state index contributed by atoms with van der Waals surface area (Å²) in [5, 5.41) is 0. The second-order valence-electron chi connectivity index (χ2n) is 10.9. The first-order valence-electron chi connectivity index (χ1n) is 12.9. The minimum atomic E-state index is -0.652. The highest BCUT2D eigenvalue weighted by molar-refractivity contribution is 9.10. The molecular formula is C27H36BrN5O5. The van der Waals surface area contributed by atoms with Gasteiger partial charge in [-0.15, -0.1) is 0 Å². The number of esters is 1. The number of nitrogens with zero attached hydrogens (tertiary/aromatic N) is 4. The van der Waals surface area contributed by atoms with Crippen LogP contribution in [0, 0.1) is 5.41 Å². The lowest BCUT2D eigenvalue weighted by Crippen LogP contribution is -2.45. The number of nitrogen functional groups attached to an aromatic ring is 1. The minimum Gasteiger partial charge on any atom is -0.487 e. The summed E-state index contributed by atoms with van der Waals surface area (Å²) in [5.41, 5.74) is 5.87. The molecule has 1 amide bonds. The number of rotatable bonds is 6. The van der Waals surface area contributed by atoms with Gasteiger partial charge in [-0.1, -0.05) is 15.9 Å². The standard InChI is InChI=1S/C27H36BrN5O5/c1-5-36-23(34)21-15-27(17-33(21)25(35)38-26(2,3)4)10-12-32(13-11-27)22-14-19(30-24(29)31-22)16-37-20-8-6-18(28)7-9-20/h6-9,14,21H,5,10-13,15-17H2,1-4H3,(H2,29,30,31)/t21-/m0/s1. The van der Waals surface area contributed by atoms with Crippen molar-refractivity contribution in [2.24, 2.45) is 5.41 Å². The van der Waals surface area contributed by atoms with E-state index < -0.39 is 17.7 Å². The van der Waals surface area contributed by atoms with Crippen LogP contribution in [-0.4, -0.2) is 64.8 Å². The Hall–Kier alpha value is -3.08. The van der Waals surface area contributed by atoms with Gasteiger partial charge < -0.3 is 24.8 Å². The Kier molecular flexibility index (Phi) is 8.34. The second-order valence-corrected chi connectivity index (χ2v) is 11.8. The van der Waals surface area contributed by atoms with E-state index in [9.17, 15) is 9.59 Å². The normalized spacial score (nSPS) is 18.9. The van der Waals surface area contributed by atoms with Crippen molar-refractivity contribution in [1.82, 2.24) is 14.9 Å². The average molecular weight is 591 g/mol. The molecule has 2 fully saturated rings. The van der Waals surface area contributed by atoms with Crippen LogP contribution < -0.4 is 15.4 Å². The molecule has 0 aliphatic carbocycles. The number of ether oxygens (including phenoxy) is 3. The summed E-state index contributed by atoms with van der Waals surface area (Å²) in [6, 6.07) is 8.84. The SMILES string of the molecule is CCOC(=O)[C@@H]1CC2(CCN(c3cc(COc4ccc(Br)cc4)nc(N)n3)CC2)CN1C(=O)OC(C)(C)C. The number of amides is 1. The van der Waals surface area contributed by atoms with Gasteiger partial charge in [-0.3, -0.25) is 4.90 Å². The van der Waals surface area contributed by atoms with Gasteiger partial charge in [-0.2, -0.15) is 4.98 Å². The third-order valence-corrected chi connectivity index (χ3v) is 7.36. The summed E-state index contributed by atoms with van der Waals surface area (Å²) in [4.78, 5) is 38.3. The third-order valence-electron chi connectivity index (χ3n) is 6.83. The summed E-state index contributed by atoms with van der Waals surface area (Å²) in [5.74, 6) is 1.29. The fraction of sp³-hybridized carbons (Fsp3) is 0.556. The molecule has 2 N–H and O–H groups in total. The Morgan fingerprint density at radius 2 is 1.84 bits per heavy atom. The molecule has 1 spiro atoms. The predicted molar refractivity (Wildman–Crippen MR) is 147 cm³/mol. The molecule has 1 atom stereocenters. The lowest BCUT2D eigenvalue weighted by atomic mass is 9.76. The summed E-state index contributed by atoms with van der Waals surface area (Å²) in [7, 11) is 0. The molecule has 0 unspecified atom stereocenters. The molecule has 0 saturated carbocycles. The molecule has 11 heteroatoms. The van der Waals surface area contributed by atoms with Gasteiger partial charge in [0.25, 0.3) is 0 Å². The fourth-order valence-corrected chi connectivity index (χ4v) is 5.28. The van der Waals surface area contributed by atoms with Gasteiger partial charge in [-0.25, -0.2) is 14.6 Å². The van der Waals surface area contributed by atoms with E-state index in [1.54, 1.807) is 11.8 Å². The molecular weight excluding hydrogens is 554 g/mol. The van der Waals surface area contributed by atoms with Crippen molar-refractivity contribution >= 4 is 39.8 Å². The van der Waals surface area contributed by atoms with Gasteiger partial charge in [0, 0.05) is 30.2 Å². The maximum atomic E-state index is 13.0. The van der Waals surface area contributed by atoms with E-state index in [-0.39, 0.29) is 30.5 Å². The lowest BCUT2D eigenvalue weighted by Gasteiger charge is -2.39. The van der Waals surface area contributed by atoms with Gasteiger partial charge in [0.15, 0.2) is 0 Å². The number of piperidine rings is 1. The van der Waals surface area contributed by atoms with Crippen molar-refractivity contribution in [3.63, 3.8) is 0 Å². The topological polar surface area (TPSA) is 120 Å². The van der Waals surface area contributed by atoms with Gasteiger partial charge >= 0.3 is 12.1 Å². The van der Waals surface area contributed by atoms with Crippen molar-refractivity contribution in [2.75, 3.05) is 36.9 Å². The highest BCUT2D eigenvalue weighted by Gasteiger charge is 2.51. The number of carbonyl (C=O) groups excluding carboxylic acids is 2. The number of carbonyl (C=O) groups is 2. The number of hydrogen-bond acceptors (Lipinski definition) is 9. The molecule has 1 aromatic heterocycles. The van der Waals surface area contributed by atoms with Crippen LogP contribution in [0.5, 0.6) is 5.75 Å². The van der Waals surface area contributed by atoms with Gasteiger partial charge in [0.05, 0.1) is 12.3 Å². The van der Waals surface area contributed by atoms with E-state index in [4.69, 9.17) is 19.9 Å². The van der Waals surface area contributed by atoms with E-state index in [0.717, 1.165) is 28.9 Å². The molecule has 3 heterocycles. The number of benzene rings is 1. The predicted octanol–water partition coefficient (Wildman–Crippen LogP) is 4.56. The molecule has 2 aromatic rings. The van der Waals surface area contributed by atoms with Crippen molar-refractivity contribution in [2.45, 2.75) is 65.2 Å². The molecule has 0 bridgehead atoms. The largest absolute Gasteiger partial charge is 0.487 e. The molecule has 10 nitrogen and oxygen atoms in total. The summed E-state index contributed by atoms with van der Waals surface area (Å²) >= 11 is 3.42. The summed E-state index contributed by atoms with van der Waals surface area (Å²) in [6.07, 6.45) is 1.65. The highest BCUT2D eigenvalue weighted by atomic mass is 79.9. The number of halogens is 1. The number of anilines is 2. The maximum absolute atomic E-state index is 13.0. The molecule has 4 rings (SSSR count). The first kappa shape index (κ1) is 27.9. The van der Waals surface area contributed by atoms with Crippen molar-refractivity contribution in [1.29, 1.82) is 0 Å². The summed E-state index contributed by atoms with van der Waals surface area (Å²) < 4.78 is 17.8. The number of hydrogen-bond donors (Lipinski definition) is 1. The molecule has 2 saturated heterocycles. The Morgan fingerprint density at radius 1 is 1.16 bits per heavy atom. The van der Waals surface area contributed by atoms with E-state index in [2.05, 4.69) is 30.8 Å². The average Bonchev–Trinajstić information content (AvgIpc) is 3.22. The van der Waals surface area contributed by atoms with Gasteiger partial charge in [0.1, 0.15) is 29.8 Å². The first-order valence-corrected chi connectivity index (χ1v) is 13.7. The van der Waals surface area contributed by atoms with Crippen LogP contribution in [0.2, 0.25) is 0 Å².